The standard InChI is InChI=1S/C10H13N3O4S/c1-11-9-6-8(4-5-10(9)13(14)15)18(16,17)12-7-2-3-7/h4-7,11-12H,2-3H2,1H3. The molecular formula is C10H13N3O4S. The van der Waals surface area contributed by atoms with Crippen molar-refractivity contribution in [3.05, 3.63) is 28.3 Å². The molecule has 8 heteroatoms. The second kappa shape index (κ2) is 4.54. The van der Waals surface area contributed by atoms with Crippen molar-refractivity contribution >= 4 is 21.4 Å². The van der Waals surface area contributed by atoms with Crippen molar-refractivity contribution in [2.45, 2.75) is 23.8 Å². The molecule has 0 heterocycles. The van der Waals surface area contributed by atoms with E-state index in [4.69, 9.17) is 0 Å². The fourth-order valence-corrected chi connectivity index (χ4v) is 2.86. The van der Waals surface area contributed by atoms with Crippen LogP contribution in [-0.4, -0.2) is 26.4 Å². The van der Waals surface area contributed by atoms with Crippen LogP contribution in [0.5, 0.6) is 0 Å². The zero-order valence-corrected chi connectivity index (χ0v) is 10.5. The predicted octanol–water partition coefficient (Wildman–Crippen LogP) is 1.08. The Morgan fingerprint density at radius 2 is 2.06 bits per heavy atom. The quantitative estimate of drug-likeness (QED) is 0.616. The Bertz CT molecular complexity index is 581. The molecule has 0 amide bonds. The Morgan fingerprint density at radius 3 is 2.56 bits per heavy atom. The van der Waals surface area contributed by atoms with Crippen molar-refractivity contribution in [1.29, 1.82) is 0 Å². The smallest absolute Gasteiger partial charge is 0.292 e. The summed E-state index contributed by atoms with van der Waals surface area (Å²) < 4.78 is 26.4. The van der Waals surface area contributed by atoms with Gasteiger partial charge in [0.15, 0.2) is 0 Å². The lowest BCUT2D eigenvalue weighted by Gasteiger charge is -2.07. The molecule has 1 aromatic rings. The van der Waals surface area contributed by atoms with Gasteiger partial charge in [-0.3, -0.25) is 10.1 Å². The van der Waals surface area contributed by atoms with Crippen molar-refractivity contribution in [3.63, 3.8) is 0 Å². The zero-order chi connectivity index (χ0) is 13.3. The first-order valence-corrected chi connectivity index (χ1v) is 6.91. The summed E-state index contributed by atoms with van der Waals surface area (Å²) in [5.74, 6) is 0. The van der Waals surface area contributed by atoms with E-state index < -0.39 is 14.9 Å². The highest BCUT2D eigenvalue weighted by Gasteiger charge is 2.28. The second-order valence-corrected chi connectivity index (χ2v) is 5.80. The van der Waals surface area contributed by atoms with E-state index in [-0.39, 0.29) is 22.3 Å². The van der Waals surface area contributed by atoms with Crippen molar-refractivity contribution < 1.29 is 13.3 Å². The summed E-state index contributed by atoms with van der Waals surface area (Å²) in [6.07, 6.45) is 1.68. The molecule has 1 aromatic carbocycles. The van der Waals surface area contributed by atoms with E-state index in [2.05, 4.69) is 10.0 Å². The molecule has 0 aliphatic heterocycles. The zero-order valence-electron chi connectivity index (χ0n) is 9.71. The molecule has 0 radical (unpaired) electrons. The van der Waals surface area contributed by atoms with Crippen LogP contribution in [-0.2, 0) is 10.0 Å². The van der Waals surface area contributed by atoms with Crippen LogP contribution in [0.1, 0.15) is 12.8 Å². The monoisotopic (exact) mass is 271 g/mol. The highest BCUT2D eigenvalue weighted by atomic mass is 32.2. The Balaban J connectivity index is 2.37. The molecule has 98 valence electrons. The molecule has 1 saturated carbocycles. The average molecular weight is 271 g/mol. The Labute approximate surface area is 104 Å². The number of rotatable bonds is 5. The number of anilines is 1. The Hall–Kier alpha value is -1.67. The van der Waals surface area contributed by atoms with Gasteiger partial charge in [-0.25, -0.2) is 13.1 Å². The highest BCUT2D eigenvalue weighted by Crippen LogP contribution is 2.28. The van der Waals surface area contributed by atoms with Crippen LogP contribution in [0.3, 0.4) is 0 Å². The van der Waals surface area contributed by atoms with Crippen LogP contribution < -0.4 is 10.0 Å². The van der Waals surface area contributed by atoms with Gasteiger partial charge < -0.3 is 5.32 Å². The number of hydrogen-bond donors (Lipinski definition) is 2. The maximum absolute atomic E-state index is 11.9. The number of sulfonamides is 1. The van der Waals surface area contributed by atoms with E-state index in [1.807, 2.05) is 0 Å². The molecule has 1 aliphatic rings. The van der Waals surface area contributed by atoms with Gasteiger partial charge in [0, 0.05) is 19.2 Å². The largest absolute Gasteiger partial charge is 0.383 e. The highest BCUT2D eigenvalue weighted by molar-refractivity contribution is 7.89. The van der Waals surface area contributed by atoms with Gasteiger partial charge >= 0.3 is 0 Å². The maximum atomic E-state index is 11.9. The third-order valence-electron chi connectivity index (χ3n) is 2.64. The minimum Gasteiger partial charge on any atom is -0.383 e. The van der Waals surface area contributed by atoms with E-state index in [9.17, 15) is 18.5 Å². The van der Waals surface area contributed by atoms with Gasteiger partial charge in [-0.05, 0) is 25.0 Å². The SMILES string of the molecule is CNc1cc(S(=O)(=O)NC2CC2)ccc1[N+](=O)[O-]. The van der Waals surface area contributed by atoms with Crippen molar-refractivity contribution in [2.75, 3.05) is 12.4 Å². The lowest BCUT2D eigenvalue weighted by Crippen LogP contribution is -2.25. The summed E-state index contributed by atoms with van der Waals surface area (Å²) in [7, 11) is -2.08. The summed E-state index contributed by atoms with van der Waals surface area (Å²) in [6.45, 7) is 0. The van der Waals surface area contributed by atoms with E-state index in [1.165, 1.54) is 25.2 Å². The van der Waals surface area contributed by atoms with Gasteiger partial charge in [0.05, 0.1) is 9.82 Å². The number of benzene rings is 1. The number of nitrogens with one attached hydrogen (secondary N) is 2. The molecule has 0 saturated heterocycles. The Morgan fingerprint density at radius 1 is 1.39 bits per heavy atom. The topological polar surface area (TPSA) is 101 Å². The van der Waals surface area contributed by atoms with E-state index in [1.54, 1.807) is 0 Å². The van der Waals surface area contributed by atoms with Crippen LogP contribution in [0, 0.1) is 10.1 Å². The third kappa shape index (κ3) is 2.59. The minimum atomic E-state index is -3.58. The van der Waals surface area contributed by atoms with Crippen LogP contribution in [0.4, 0.5) is 11.4 Å². The second-order valence-electron chi connectivity index (χ2n) is 4.08. The molecule has 0 unspecified atom stereocenters. The molecule has 0 bridgehead atoms. The molecular weight excluding hydrogens is 258 g/mol. The average Bonchev–Trinajstić information content (AvgIpc) is 3.11. The summed E-state index contributed by atoms with van der Waals surface area (Å²) >= 11 is 0. The van der Waals surface area contributed by atoms with Gasteiger partial charge in [-0.15, -0.1) is 0 Å². The van der Waals surface area contributed by atoms with Crippen molar-refractivity contribution in [2.24, 2.45) is 0 Å². The van der Waals surface area contributed by atoms with Crippen LogP contribution >= 0.6 is 0 Å². The summed E-state index contributed by atoms with van der Waals surface area (Å²) in [6, 6.07) is 3.70. The van der Waals surface area contributed by atoms with Gasteiger partial charge in [-0.1, -0.05) is 0 Å². The third-order valence-corrected chi connectivity index (χ3v) is 4.16. The van der Waals surface area contributed by atoms with Crippen LogP contribution in [0.2, 0.25) is 0 Å². The van der Waals surface area contributed by atoms with Gasteiger partial charge in [0.2, 0.25) is 10.0 Å². The fourth-order valence-electron chi connectivity index (χ4n) is 1.53. The minimum absolute atomic E-state index is 0.00299. The number of nitro groups is 1. The predicted molar refractivity (Wildman–Crippen MR) is 66.0 cm³/mol. The molecule has 1 aliphatic carbocycles. The first-order chi connectivity index (χ1) is 8.44. The fraction of sp³-hybridized carbons (Fsp3) is 0.400. The van der Waals surface area contributed by atoms with E-state index >= 15 is 0 Å². The molecule has 2 N–H and O–H groups in total. The molecule has 1 fully saturated rings. The summed E-state index contributed by atoms with van der Waals surface area (Å²) in [5.41, 5.74) is 0.0292. The summed E-state index contributed by atoms with van der Waals surface area (Å²) in [5, 5.41) is 13.4. The van der Waals surface area contributed by atoms with Crippen molar-refractivity contribution in [1.82, 2.24) is 4.72 Å². The lowest BCUT2D eigenvalue weighted by molar-refractivity contribution is -0.384. The van der Waals surface area contributed by atoms with Crippen LogP contribution in [0.25, 0.3) is 0 Å². The van der Waals surface area contributed by atoms with Gasteiger partial charge in [-0.2, -0.15) is 0 Å². The van der Waals surface area contributed by atoms with E-state index in [0.29, 0.717) is 0 Å². The van der Waals surface area contributed by atoms with E-state index in [0.717, 1.165) is 12.8 Å². The molecule has 0 spiro atoms. The molecule has 7 nitrogen and oxygen atoms in total. The lowest BCUT2D eigenvalue weighted by atomic mass is 10.3. The maximum Gasteiger partial charge on any atom is 0.292 e. The Kier molecular flexibility index (Phi) is 3.22. The normalized spacial score (nSPS) is 15.4. The molecule has 0 aromatic heterocycles. The number of nitro benzene ring substituents is 1. The van der Waals surface area contributed by atoms with Crippen molar-refractivity contribution in [3.8, 4) is 0 Å². The molecule has 2 rings (SSSR count). The van der Waals surface area contributed by atoms with Crippen LogP contribution in [0.15, 0.2) is 23.1 Å². The molecule has 0 atom stereocenters. The number of nitrogens with zero attached hydrogens (tertiary/aromatic N) is 1. The summed E-state index contributed by atoms with van der Waals surface area (Å²) in [4.78, 5) is 10.2. The van der Waals surface area contributed by atoms with Gasteiger partial charge in [0.1, 0.15) is 5.69 Å². The molecule has 18 heavy (non-hydrogen) atoms. The first kappa shape index (κ1) is 12.8. The first-order valence-electron chi connectivity index (χ1n) is 5.42. The number of hydrogen-bond acceptors (Lipinski definition) is 5. The van der Waals surface area contributed by atoms with Gasteiger partial charge in [0.25, 0.3) is 5.69 Å².